The Balaban J connectivity index is 2.59. The zero-order valence-electron chi connectivity index (χ0n) is 11.3. The predicted molar refractivity (Wildman–Crippen MR) is 79.6 cm³/mol. The molecule has 0 amide bonds. The van der Waals surface area contributed by atoms with Gasteiger partial charge in [0.1, 0.15) is 11.8 Å². The molecule has 0 aliphatic carbocycles. The van der Waals surface area contributed by atoms with E-state index in [-0.39, 0.29) is 16.8 Å². The van der Waals surface area contributed by atoms with Crippen LogP contribution in [0.15, 0.2) is 48.5 Å². The van der Waals surface area contributed by atoms with E-state index in [1.165, 1.54) is 25.3 Å². The average molecular weight is 280 g/mol. The Morgan fingerprint density at radius 1 is 1.29 bits per heavy atom. The molecule has 104 valence electrons. The van der Waals surface area contributed by atoms with Crippen molar-refractivity contribution < 1.29 is 9.66 Å². The van der Waals surface area contributed by atoms with Crippen molar-refractivity contribution in [2.45, 2.75) is 0 Å². The Morgan fingerprint density at radius 2 is 2.00 bits per heavy atom. The van der Waals surface area contributed by atoms with Gasteiger partial charge in [-0.1, -0.05) is 30.3 Å². The summed E-state index contributed by atoms with van der Waals surface area (Å²) in [5.41, 5.74) is 1.13. The highest BCUT2D eigenvalue weighted by molar-refractivity contribution is 5.92. The molecule has 0 atom stereocenters. The lowest BCUT2D eigenvalue weighted by molar-refractivity contribution is -0.385. The Kier molecular flexibility index (Phi) is 4.32. The van der Waals surface area contributed by atoms with Crippen molar-refractivity contribution >= 4 is 17.3 Å². The van der Waals surface area contributed by atoms with Crippen LogP contribution >= 0.6 is 0 Å². The Morgan fingerprint density at radius 3 is 2.57 bits per heavy atom. The maximum Gasteiger partial charge on any atom is 0.278 e. The summed E-state index contributed by atoms with van der Waals surface area (Å²) in [4.78, 5) is 10.6. The van der Waals surface area contributed by atoms with Crippen LogP contribution in [0.3, 0.4) is 0 Å². The maximum absolute atomic E-state index is 11.1. The van der Waals surface area contributed by atoms with Gasteiger partial charge in [-0.3, -0.25) is 10.1 Å². The third-order valence-electron chi connectivity index (χ3n) is 2.92. The monoisotopic (exact) mass is 280 g/mol. The van der Waals surface area contributed by atoms with Crippen molar-refractivity contribution in [2.24, 2.45) is 0 Å². The van der Waals surface area contributed by atoms with Crippen molar-refractivity contribution in [3.8, 4) is 11.8 Å². The maximum atomic E-state index is 11.1. The van der Waals surface area contributed by atoms with E-state index in [9.17, 15) is 15.4 Å². The van der Waals surface area contributed by atoms with Gasteiger partial charge in [0.2, 0.25) is 0 Å². The van der Waals surface area contributed by atoms with E-state index in [0.29, 0.717) is 5.75 Å². The van der Waals surface area contributed by atoms with Crippen LogP contribution in [0.4, 0.5) is 5.69 Å². The first-order chi connectivity index (χ1) is 10.2. The van der Waals surface area contributed by atoms with Crippen LogP contribution in [0.1, 0.15) is 11.1 Å². The third kappa shape index (κ3) is 3.25. The number of nitro benzene ring substituents is 1. The summed E-state index contributed by atoms with van der Waals surface area (Å²) in [5.74, 6) is 0.463. The minimum absolute atomic E-state index is 0.125. The molecule has 5 nitrogen and oxygen atoms in total. The molecule has 0 unspecified atom stereocenters. The van der Waals surface area contributed by atoms with Gasteiger partial charge in [-0.05, 0) is 23.8 Å². The van der Waals surface area contributed by atoms with Gasteiger partial charge in [-0.15, -0.1) is 0 Å². The molecule has 2 aromatic rings. The lowest BCUT2D eigenvalue weighted by Crippen LogP contribution is -1.95. The number of benzene rings is 2. The smallest absolute Gasteiger partial charge is 0.278 e. The number of methoxy groups -OCH3 is 1. The summed E-state index contributed by atoms with van der Waals surface area (Å²) in [7, 11) is 1.47. The third-order valence-corrected chi connectivity index (χ3v) is 2.92. The summed E-state index contributed by atoms with van der Waals surface area (Å²) in [6.45, 7) is 0. The van der Waals surface area contributed by atoms with E-state index in [1.807, 2.05) is 36.4 Å². The fraction of sp³-hybridized carbons (Fsp3) is 0.0625. The van der Waals surface area contributed by atoms with E-state index in [2.05, 4.69) is 0 Å². The van der Waals surface area contributed by atoms with Crippen LogP contribution in [0.2, 0.25) is 0 Å². The lowest BCUT2D eigenvalue weighted by atomic mass is 10.0. The molecule has 0 heterocycles. The molecule has 0 aromatic heterocycles. The number of nitrogens with zero attached hydrogens (tertiary/aromatic N) is 2. The number of ether oxygens (including phenoxy) is 1. The second kappa shape index (κ2) is 6.35. The van der Waals surface area contributed by atoms with Crippen LogP contribution in [-0.2, 0) is 0 Å². The molecule has 2 aromatic carbocycles. The zero-order valence-corrected chi connectivity index (χ0v) is 11.3. The normalized spacial score (nSPS) is 10.8. The molecule has 0 saturated carbocycles. The molecule has 0 saturated heterocycles. The number of rotatable bonds is 4. The van der Waals surface area contributed by atoms with E-state index >= 15 is 0 Å². The molecule has 0 spiro atoms. The van der Waals surface area contributed by atoms with Gasteiger partial charge in [-0.25, -0.2) is 0 Å². The Bertz CT molecular complexity index is 731. The van der Waals surface area contributed by atoms with Gasteiger partial charge >= 0.3 is 0 Å². The highest BCUT2D eigenvalue weighted by Crippen LogP contribution is 2.30. The van der Waals surface area contributed by atoms with Crippen molar-refractivity contribution in [3.05, 3.63) is 69.8 Å². The summed E-state index contributed by atoms with van der Waals surface area (Å²) < 4.78 is 5.08. The SMILES string of the molecule is COc1ccc([N+](=O)[O-])c(/C(C#N)=C/c2ccccc2)c1. The summed E-state index contributed by atoms with van der Waals surface area (Å²) in [6, 6.07) is 15.5. The first-order valence-corrected chi connectivity index (χ1v) is 6.15. The molecule has 2 rings (SSSR count). The minimum Gasteiger partial charge on any atom is -0.497 e. The largest absolute Gasteiger partial charge is 0.497 e. The molecule has 21 heavy (non-hydrogen) atoms. The average Bonchev–Trinajstić information content (AvgIpc) is 2.52. The first-order valence-electron chi connectivity index (χ1n) is 6.15. The number of nitro groups is 1. The van der Waals surface area contributed by atoms with Crippen LogP contribution in [0.5, 0.6) is 5.75 Å². The number of hydrogen-bond donors (Lipinski definition) is 0. The van der Waals surface area contributed by atoms with Crippen LogP contribution in [0, 0.1) is 21.4 Å². The van der Waals surface area contributed by atoms with Gasteiger partial charge in [0.25, 0.3) is 5.69 Å². The van der Waals surface area contributed by atoms with Crippen molar-refractivity contribution in [2.75, 3.05) is 7.11 Å². The molecular weight excluding hydrogens is 268 g/mol. The summed E-state index contributed by atoms with van der Waals surface area (Å²) >= 11 is 0. The fourth-order valence-corrected chi connectivity index (χ4v) is 1.90. The van der Waals surface area contributed by atoms with Gasteiger partial charge < -0.3 is 4.74 Å². The van der Waals surface area contributed by atoms with Gasteiger partial charge in [0.05, 0.1) is 23.2 Å². The lowest BCUT2D eigenvalue weighted by Gasteiger charge is -2.05. The van der Waals surface area contributed by atoms with Crippen molar-refractivity contribution in [1.82, 2.24) is 0 Å². The highest BCUT2D eigenvalue weighted by atomic mass is 16.6. The van der Waals surface area contributed by atoms with Gasteiger partial charge in [0, 0.05) is 6.07 Å². The first kappa shape index (κ1) is 14.3. The van der Waals surface area contributed by atoms with E-state index in [1.54, 1.807) is 6.08 Å². The van der Waals surface area contributed by atoms with Gasteiger partial charge in [-0.2, -0.15) is 5.26 Å². The predicted octanol–water partition coefficient (Wildman–Crippen LogP) is 3.67. The Labute approximate surface area is 121 Å². The van der Waals surface area contributed by atoms with E-state index in [0.717, 1.165) is 5.56 Å². The molecule has 0 bridgehead atoms. The zero-order chi connectivity index (χ0) is 15.2. The molecule has 5 heteroatoms. The molecular formula is C16H12N2O3. The van der Waals surface area contributed by atoms with Crippen LogP contribution in [0.25, 0.3) is 11.6 Å². The van der Waals surface area contributed by atoms with E-state index in [4.69, 9.17) is 4.74 Å². The quantitative estimate of drug-likeness (QED) is 0.370. The van der Waals surface area contributed by atoms with Crippen molar-refractivity contribution in [1.29, 1.82) is 5.26 Å². The molecule has 0 fully saturated rings. The molecule has 0 aliphatic rings. The second-order valence-corrected chi connectivity index (χ2v) is 4.22. The molecule has 0 N–H and O–H groups in total. The fourth-order valence-electron chi connectivity index (χ4n) is 1.90. The molecule has 0 radical (unpaired) electrons. The topological polar surface area (TPSA) is 76.2 Å². The van der Waals surface area contributed by atoms with E-state index < -0.39 is 4.92 Å². The van der Waals surface area contributed by atoms with Gasteiger partial charge in [0.15, 0.2) is 0 Å². The van der Waals surface area contributed by atoms with Crippen LogP contribution < -0.4 is 4.74 Å². The number of allylic oxidation sites excluding steroid dienone is 1. The second-order valence-electron chi connectivity index (χ2n) is 4.22. The van der Waals surface area contributed by atoms with Crippen LogP contribution in [-0.4, -0.2) is 12.0 Å². The summed E-state index contributed by atoms with van der Waals surface area (Å²) in [5, 5.41) is 20.5. The minimum atomic E-state index is -0.509. The Hall–Kier alpha value is -3.13. The highest BCUT2D eigenvalue weighted by Gasteiger charge is 2.18. The number of nitriles is 1. The molecule has 0 aliphatic heterocycles. The summed E-state index contributed by atoms with van der Waals surface area (Å²) in [6.07, 6.45) is 1.61. The van der Waals surface area contributed by atoms with Crippen molar-refractivity contribution in [3.63, 3.8) is 0 Å². The number of hydrogen-bond acceptors (Lipinski definition) is 4. The standard InChI is InChI=1S/C16H12N2O3/c1-21-14-7-8-16(18(19)20)15(10-14)13(11-17)9-12-5-3-2-4-6-12/h2-10H,1H3/b13-9+.